The molecule has 21 heavy (non-hydrogen) atoms. The number of hydrogen-bond acceptors (Lipinski definition) is 2. The first kappa shape index (κ1) is 10.8. The molecule has 0 aliphatic rings. The highest BCUT2D eigenvalue weighted by molar-refractivity contribution is 5.99. The van der Waals surface area contributed by atoms with Gasteiger partial charge in [0.2, 0.25) is 0 Å². The molecule has 0 aliphatic heterocycles. The molecule has 4 rings (SSSR count). The lowest BCUT2D eigenvalue weighted by Gasteiger charge is -2.11. The van der Waals surface area contributed by atoms with Gasteiger partial charge in [-0.25, -0.2) is 4.39 Å². The number of para-hydroxylation sites is 1. The van der Waals surface area contributed by atoms with E-state index in [1.807, 2.05) is 0 Å². The molecule has 0 atom stereocenters. The second kappa shape index (κ2) is 4.02. The quantitative estimate of drug-likeness (QED) is 0.562. The Bertz CT molecular complexity index is 952. The van der Waals surface area contributed by atoms with E-state index in [0.29, 0.717) is 21.8 Å². The van der Waals surface area contributed by atoms with Crippen molar-refractivity contribution in [3.63, 3.8) is 0 Å². The first-order valence-corrected chi connectivity index (χ1v) is 6.32. The number of nitrogens with one attached hydrogen (secondary N) is 2. The fraction of sp³-hybridized carbons (Fsp3) is 0. The summed E-state index contributed by atoms with van der Waals surface area (Å²) in [7, 11) is 0. The van der Waals surface area contributed by atoms with Crippen LogP contribution < -0.4 is 10.2 Å². The van der Waals surface area contributed by atoms with Crippen LogP contribution in [0.1, 0.15) is 1.37 Å². The maximum atomic E-state index is 13.3. The zero-order chi connectivity index (χ0) is 15.4. The van der Waals surface area contributed by atoms with Gasteiger partial charge in [0.1, 0.15) is 5.82 Å². The van der Waals surface area contributed by atoms with Crippen molar-refractivity contribution in [1.82, 2.24) is 9.97 Å². The number of benzene rings is 2. The van der Waals surface area contributed by atoms with E-state index in [0.717, 1.165) is 0 Å². The number of aromatic amines is 2. The van der Waals surface area contributed by atoms with Gasteiger partial charge in [0.05, 0.1) is 12.8 Å². The molecular formula is C16H9FN2O2-2. The standard InChI is InChI=1S/C16H11FN2O2/c17-8-5-6-10-12(7-8)19-14(16(10)21)13-15(20)9-3-1-2-4-11(9)18-13/h1-7,18-21H/p-2/i2D. The SMILES string of the molecule is [2H]c1ccc2c([O-])c(-c3[nH]c4cc(F)ccc4c3[O-])[nH]c2c1. The lowest BCUT2D eigenvalue weighted by Crippen LogP contribution is -1.95. The molecule has 104 valence electrons. The molecule has 5 heteroatoms. The van der Waals surface area contributed by atoms with Crippen LogP contribution in [0.4, 0.5) is 4.39 Å². The second-order valence-electron chi connectivity index (χ2n) is 4.82. The van der Waals surface area contributed by atoms with Crippen LogP contribution in [0.5, 0.6) is 11.5 Å². The van der Waals surface area contributed by atoms with Gasteiger partial charge in [-0.2, -0.15) is 0 Å². The van der Waals surface area contributed by atoms with Gasteiger partial charge in [-0.05, 0) is 29.0 Å². The summed E-state index contributed by atoms with van der Waals surface area (Å²) < 4.78 is 20.8. The maximum absolute atomic E-state index is 13.3. The van der Waals surface area contributed by atoms with Gasteiger partial charge in [0.25, 0.3) is 0 Å². The van der Waals surface area contributed by atoms with E-state index in [-0.39, 0.29) is 28.9 Å². The molecule has 0 saturated carbocycles. The normalized spacial score (nSPS) is 12.1. The summed E-state index contributed by atoms with van der Waals surface area (Å²) in [5.74, 6) is -1.14. The molecule has 0 aliphatic carbocycles. The van der Waals surface area contributed by atoms with Crippen molar-refractivity contribution < 1.29 is 16.0 Å². The number of halogens is 1. The minimum absolute atomic E-state index is 0.105. The molecule has 4 nitrogen and oxygen atoms in total. The van der Waals surface area contributed by atoms with E-state index in [9.17, 15) is 14.6 Å². The van der Waals surface area contributed by atoms with E-state index < -0.39 is 5.82 Å². The summed E-state index contributed by atoms with van der Waals surface area (Å²) in [4.78, 5) is 5.69. The fourth-order valence-electron chi connectivity index (χ4n) is 2.55. The summed E-state index contributed by atoms with van der Waals surface area (Å²) in [5, 5.41) is 25.5. The van der Waals surface area contributed by atoms with E-state index in [2.05, 4.69) is 9.97 Å². The van der Waals surface area contributed by atoms with E-state index in [1.165, 1.54) is 30.3 Å². The molecule has 2 N–H and O–H groups in total. The lowest BCUT2D eigenvalue weighted by molar-refractivity contribution is -0.268. The Morgan fingerprint density at radius 2 is 1.57 bits per heavy atom. The molecule has 0 fully saturated rings. The number of fused-ring (bicyclic) bond motifs is 2. The van der Waals surface area contributed by atoms with Gasteiger partial charge >= 0.3 is 0 Å². The van der Waals surface area contributed by atoms with E-state index in [4.69, 9.17) is 1.37 Å². The fourth-order valence-corrected chi connectivity index (χ4v) is 2.55. The van der Waals surface area contributed by atoms with Crippen molar-refractivity contribution in [1.29, 1.82) is 0 Å². The molecule has 2 heterocycles. The minimum Gasteiger partial charge on any atom is -0.871 e. The van der Waals surface area contributed by atoms with Gasteiger partial charge in [-0.3, -0.25) is 0 Å². The highest BCUT2D eigenvalue weighted by Crippen LogP contribution is 2.39. The molecule has 0 saturated heterocycles. The van der Waals surface area contributed by atoms with Crippen molar-refractivity contribution in [3.8, 4) is 22.9 Å². The average Bonchev–Trinajstić information content (AvgIpc) is 2.96. The maximum Gasteiger partial charge on any atom is 0.125 e. The van der Waals surface area contributed by atoms with Crippen molar-refractivity contribution >= 4 is 21.8 Å². The smallest absolute Gasteiger partial charge is 0.125 e. The third kappa shape index (κ3) is 1.61. The van der Waals surface area contributed by atoms with Gasteiger partial charge in [0.15, 0.2) is 0 Å². The molecule has 0 radical (unpaired) electrons. The van der Waals surface area contributed by atoms with Crippen LogP contribution in [0.15, 0.2) is 42.4 Å². The van der Waals surface area contributed by atoms with Crippen LogP contribution in [0.25, 0.3) is 33.2 Å². The predicted octanol–water partition coefficient (Wildman–Crippen LogP) is 2.60. The summed E-state index contributed by atoms with van der Waals surface area (Å²) in [6, 6.07) is 8.66. The Morgan fingerprint density at radius 3 is 2.33 bits per heavy atom. The van der Waals surface area contributed by atoms with Gasteiger partial charge < -0.3 is 20.2 Å². The summed E-state index contributed by atoms with van der Waals surface area (Å²) in [6.07, 6.45) is 0. The van der Waals surface area contributed by atoms with E-state index in [1.54, 1.807) is 6.07 Å². The molecule has 0 bridgehead atoms. The largest absolute Gasteiger partial charge is 0.871 e. The van der Waals surface area contributed by atoms with Crippen LogP contribution in [0, 0.1) is 5.82 Å². The molecule has 2 aromatic heterocycles. The number of aromatic nitrogens is 2. The number of hydrogen-bond donors (Lipinski definition) is 2. The lowest BCUT2D eigenvalue weighted by atomic mass is 10.2. The highest BCUT2D eigenvalue weighted by Gasteiger charge is 2.11. The molecule has 2 aromatic carbocycles. The van der Waals surface area contributed by atoms with E-state index >= 15 is 0 Å². The third-order valence-electron chi connectivity index (χ3n) is 3.56. The Morgan fingerprint density at radius 1 is 0.905 bits per heavy atom. The van der Waals surface area contributed by atoms with Gasteiger partial charge in [-0.1, -0.05) is 35.7 Å². The Labute approximate surface area is 119 Å². The Kier molecular flexibility index (Phi) is 2.07. The van der Waals surface area contributed by atoms with Crippen LogP contribution in [-0.2, 0) is 0 Å². The molecular weight excluding hydrogens is 271 g/mol. The van der Waals surface area contributed by atoms with Crippen LogP contribution in [0.3, 0.4) is 0 Å². The summed E-state index contributed by atoms with van der Waals surface area (Å²) >= 11 is 0. The molecule has 0 spiro atoms. The summed E-state index contributed by atoms with van der Waals surface area (Å²) in [5.41, 5.74) is 1.08. The van der Waals surface area contributed by atoms with Gasteiger partial charge in [0, 0.05) is 11.0 Å². The molecule has 4 aromatic rings. The first-order valence-electron chi connectivity index (χ1n) is 6.82. The van der Waals surface area contributed by atoms with Crippen molar-refractivity contribution in [3.05, 3.63) is 48.3 Å². The van der Waals surface area contributed by atoms with Crippen molar-refractivity contribution in [2.75, 3.05) is 0 Å². The third-order valence-corrected chi connectivity index (χ3v) is 3.56. The highest BCUT2D eigenvalue weighted by atomic mass is 19.1. The van der Waals surface area contributed by atoms with Crippen LogP contribution >= 0.6 is 0 Å². The Balaban J connectivity index is 2.02. The monoisotopic (exact) mass is 281 g/mol. The predicted molar refractivity (Wildman–Crippen MR) is 74.4 cm³/mol. The number of H-pyrrole nitrogens is 2. The molecule has 0 amide bonds. The summed E-state index contributed by atoms with van der Waals surface area (Å²) in [6.45, 7) is 0. The van der Waals surface area contributed by atoms with Crippen molar-refractivity contribution in [2.24, 2.45) is 0 Å². The minimum atomic E-state index is -0.460. The molecule has 0 unspecified atom stereocenters. The zero-order valence-corrected chi connectivity index (χ0v) is 10.7. The van der Waals surface area contributed by atoms with Crippen LogP contribution in [-0.4, -0.2) is 9.97 Å². The average molecular weight is 281 g/mol. The van der Waals surface area contributed by atoms with Crippen LogP contribution in [0.2, 0.25) is 0 Å². The Hall–Kier alpha value is -2.95. The topological polar surface area (TPSA) is 77.7 Å². The zero-order valence-electron chi connectivity index (χ0n) is 11.7. The number of rotatable bonds is 1. The first-order chi connectivity index (χ1) is 10.5. The van der Waals surface area contributed by atoms with Crippen molar-refractivity contribution in [2.45, 2.75) is 0 Å². The second-order valence-corrected chi connectivity index (χ2v) is 4.82. The van der Waals surface area contributed by atoms with Gasteiger partial charge in [-0.15, -0.1) is 0 Å².